The fourth-order valence-electron chi connectivity index (χ4n) is 4.99. The summed E-state index contributed by atoms with van der Waals surface area (Å²) in [5.41, 5.74) is 4.07. The molecule has 1 aliphatic carbocycles. The SMILES string of the molecule is Cc1cc([N+](=O)[O-])c2c(c1OCc1ccccc1)C(Cc1ccc(F)cc1)CC2Oc1ccccc1. The highest BCUT2D eigenvalue weighted by atomic mass is 19.1. The highest BCUT2D eigenvalue weighted by Gasteiger charge is 2.41. The molecule has 4 aromatic carbocycles. The predicted molar refractivity (Wildman–Crippen MR) is 136 cm³/mol. The lowest BCUT2D eigenvalue weighted by Gasteiger charge is -2.19. The molecule has 1 aliphatic rings. The van der Waals surface area contributed by atoms with Crippen molar-refractivity contribution in [2.45, 2.75) is 38.4 Å². The summed E-state index contributed by atoms with van der Waals surface area (Å²) in [5.74, 6) is 0.918. The van der Waals surface area contributed by atoms with Gasteiger partial charge in [0.05, 0.1) is 10.5 Å². The van der Waals surface area contributed by atoms with Gasteiger partial charge in [-0.25, -0.2) is 4.39 Å². The number of aryl methyl sites for hydroxylation is 1. The van der Waals surface area contributed by atoms with E-state index in [1.165, 1.54) is 12.1 Å². The molecular weight excluding hydrogens is 457 g/mol. The van der Waals surface area contributed by atoms with Gasteiger partial charge in [0, 0.05) is 11.6 Å². The van der Waals surface area contributed by atoms with E-state index in [1.807, 2.05) is 67.6 Å². The van der Waals surface area contributed by atoms with Gasteiger partial charge in [-0.1, -0.05) is 60.7 Å². The van der Waals surface area contributed by atoms with Crippen molar-refractivity contribution in [2.24, 2.45) is 0 Å². The minimum absolute atomic E-state index is 0.0390. The molecule has 5 rings (SSSR count). The van der Waals surface area contributed by atoms with E-state index in [-0.39, 0.29) is 22.3 Å². The van der Waals surface area contributed by atoms with Crippen LogP contribution in [0.1, 0.15) is 46.3 Å². The highest BCUT2D eigenvalue weighted by Crippen LogP contribution is 2.53. The first-order valence-electron chi connectivity index (χ1n) is 11.9. The number of rotatable bonds is 8. The average Bonchev–Trinajstić information content (AvgIpc) is 3.23. The summed E-state index contributed by atoms with van der Waals surface area (Å²) in [6.45, 7) is 2.19. The zero-order valence-corrected chi connectivity index (χ0v) is 19.9. The van der Waals surface area contributed by atoms with Crippen molar-refractivity contribution in [1.29, 1.82) is 0 Å². The van der Waals surface area contributed by atoms with Crippen LogP contribution in [0, 0.1) is 22.9 Å². The number of fused-ring (bicyclic) bond motifs is 1. The molecule has 2 unspecified atom stereocenters. The third-order valence-corrected chi connectivity index (χ3v) is 6.59. The van der Waals surface area contributed by atoms with Gasteiger partial charge in [0.25, 0.3) is 5.69 Å². The molecule has 0 spiro atoms. The number of nitro groups is 1. The quantitative estimate of drug-likeness (QED) is 0.193. The number of para-hydroxylation sites is 1. The second-order valence-corrected chi connectivity index (χ2v) is 9.08. The van der Waals surface area contributed by atoms with E-state index in [4.69, 9.17) is 9.47 Å². The van der Waals surface area contributed by atoms with Crippen LogP contribution in [-0.4, -0.2) is 4.92 Å². The maximum Gasteiger partial charge on any atom is 0.277 e. The smallest absolute Gasteiger partial charge is 0.277 e. The highest BCUT2D eigenvalue weighted by molar-refractivity contribution is 5.62. The van der Waals surface area contributed by atoms with Gasteiger partial charge in [-0.05, 0) is 66.6 Å². The van der Waals surface area contributed by atoms with Crippen LogP contribution in [0.3, 0.4) is 0 Å². The minimum Gasteiger partial charge on any atom is -0.488 e. The Balaban J connectivity index is 1.59. The van der Waals surface area contributed by atoms with Gasteiger partial charge in [-0.15, -0.1) is 0 Å². The van der Waals surface area contributed by atoms with Crippen LogP contribution in [0.25, 0.3) is 0 Å². The number of ether oxygens (including phenoxy) is 2. The molecule has 0 saturated heterocycles. The zero-order chi connectivity index (χ0) is 25.1. The summed E-state index contributed by atoms with van der Waals surface area (Å²) in [6, 6.07) is 27.1. The summed E-state index contributed by atoms with van der Waals surface area (Å²) in [6.07, 6.45) is 0.630. The van der Waals surface area contributed by atoms with Gasteiger partial charge in [0.15, 0.2) is 0 Å². The topological polar surface area (TPSA) is 61.6 Å². The molecule has 0 saturated carbocycles. The number of benzene rings is 4. The molecule has 0 heterocycles. The second-order valence-electron chi connectivity index (χ2n) is 9.08. The van der Waals surface area contributed by atoms with E-state index in [1.54, 1.807) is 18.2 Å². The van der Waals surface area contributed by atoms with Gasteiger partial charge < -0.3 is 9.47 Å². The van der Waals surface area contributed by atoms with Gasteiger partial charge in [-0.2, -0.15) is 0 Å². The van der Waals surface area contributed by atoms with Crippen molar-refractivity contribution in [1.82, 2.24) is 0 Å². The van der Waals surface area contributed by atoms with Crippen LogP contribution in [-0.2, 0) is 13.0 Å². The lowest BCUT2D eigenvalue weighted by Crippen LogP contribution is -2.08. The molecule has 0 aliphatic heterocycles. The maximum atomic E-state index is 13.5. The lowest BCUT2D eigenvalue weighted by molar-refractivity contribution is -0.386. The Morgan fingerprint density at radius 2 is 1.58 bits per heavy atom. The molecule has 182 valence electrons. The van der Waals surface area contributed by atoms with Crippen molar-refractivity contribution in [3.63, 3.8) is 0 Å². The molecule has 36 heavy (non-hydrogen) atoms. The van der Waals surface area contributed by atoms with Gasteiger partial charge in [-0.3, -0.25) is 10.1 Å². The molecule has 0 fully saturated rings. The summed E-state index contributed by atoms with van der Waals surface area (Å²) in [7, 11) is 0. The lowest BCUT2D eigenvalue weighted by atomic mass is 9.91. The van der Waals surface area contributed by atoms with E-state index in [0.29, 0.717) is 42.1 Å². The van der Waals surface area contributed by atoms with Gasteiger partial charge in [0.1, 0.15) is 30.0 Å². The zero-order valence-electron chi connectivity index (χ0n) is 19.9. The molecule has 0 amide bonds. The molecule has 6 heteroatoms. The van der Waals surface area contributed by atoms with Crippen molar-refractivity contribution in [2.75, 3.05) is 0 Å². The molecule has 0 bridgehead atoms. The molecule has 0 N–H and O–H groups in total. The monoisotopic (exact) mass is 483 g/mol. The van der Waals surface area contributed by atoms with E-state index in [9.17, 15) is 14.5 Å². The Labute approximate surface area is 209 Å². The number of hydrogen-bond donors (Lipinski definition) is 0. The van der Waals surface area contributed by atoms with Crippen LogP contribution in [0.5, 0.6) is 11.5 Å². The third kappa shape index (κ3) is 4.93. The second kappa shape index (κ2) is 10.2. The predicted octanol–water partition coefficient (Wildman–Crippen LogP) is 7.47. The summed E-state index contributed by atoms with van der Waals surface area (Å²) in [5, 5.41) is 12.2. The van der Waals surface area contributed by atoms with E-state index >= 15 is 0 Å². The van der Waals surface area contributed by atoms with Crippen LogP contribution in [0.2, 0.25) is 0 Å². The summed E-state index contributed by atoms with van der Waals surface area (Å²) < 4.78 is 26.2. The molecule has 0 radical (unpaired) electrons. The Hall–Kier alpha value is -4.19. The van der Waals surface area contributed by atoms with Crippen LogP contribution in [0.4, 0.5) is 10.1 Å². The number of hydrogen-bond acceptors (Lipinski definition) is 4. The number of nitro benzene ring substituents is 1. The van der Waals surface area contributed by atoms with E-state index < -0.39 is 6.10 Å². The third-order valence-electron chi connectivity index (χ3n) is 6.59. The molecule has 5 nitrogen and oxygen atoms in total. The van der Waals surface area contributed by atoms with Crippen LogP contribution < -0.4 is 9.47 Å². The molecular formula is C30H26FNO4. The van der Waals surface area contributed by atoms with Crippen molar-refractivity contribution < 1.29 is 18.8 Å². The minimum atomic E-state index is -0.507. The summed E-state index contributed by atoms with van der Waals surface area (Å²) in [4.78, 5) is 11.8. The summed E-state index contributed by atoms with van der Waals surface area (Å²) >= 11 is 0. The Morgan fingerprint density at radius 1 is 0.917 bits per heavy atom. The van der Waals surface area contributed by atoms with Crippen molar-refractivity contribution in [3.8, 4) is 11.5 Å². The number of nitrogens with zero attached hydrogens (tertiary/aromatic N) is 1. The van der Waals surface area contributed by atoms with Gasteiger partial charge in [0.2, 0.25) is 0 Å². The van der Waals surface area contributed by atoms with Crippen LogP contribution in [0.15, 0.2) is 91.0 Å². The Morgan fingerprint density at radius 3 is 2.25 bits per heavy atom. The number of halogens is 1. The first kappa shape index (κ1) is 23.5. The fourth-order valence-corrected chi connectivity index (χ4v) is 4.99. The Bertz CT molecular complexity index is 1360. The normalized spacial score (nSPS) is 16.4. The molecule has 2 atom stereocenters. The van der Waals surface area contributed by atoms with Crippen molar-refractivity contribution >= 4 is 5.69 Å². The fraction of sp³-hybridized carbons (Fsp3) is 0.200. The molecule has 0 aromatic heterocycles. The standard InChI is InChI=1S/C30H26FNO4/c1-20-16-26(32(33)34)29-27(36-25-10-6-3-7-11-25)18-23(17-21-12-14-24(31)15-13-21)28(29)30(20)35-19-22-8-4-2-5-9-22/h2-16,23,27H,17-19H2,1H3. The van der Waals surface area contributed by atoms with Crippen molar-refractivity contribution in [3.05, 3.63) is 135 Å². The average molecular weight is 484 g/mol. The van der Waals surface area contributed by atoms with E-state index in [2.05, 4.69) is 0 Å². The van der Waals surface area contributed by atoms with E-state index in [0.717, 1.165) is 16.7 Å². The van der Waals surface area contributed by atoms with Gasteiger partial charge >= 0.3 is 0 Å². The van der Waals surface area contributed by atoms with Crippen LogP contribution >= 0.6 is 0 Å². The largest absolute Gasteiger partial charge is 0.488 e. The molecule has 4 aromatic rings. The Kier molecular flexibility index (Phi) is 6.67. The maximum absolute atomic E-state index is 13.5. The first-order valence-corrected chi connectivity index (χ1v) is 11.9. The first-order chi connectivity index (χ1) is 17.5.